The minimum atomic E-state index is -2.99. The number of fused-ring (bicyclic) bond motifs is 1. The van der Waals surface area contributed by atoms with Gasteiger partial charge in [-0.25, -0.2) is 13.6 Å². The van der Waals surface area contributed by atoms with Crippen LogP contribution in [0.5, 0.6) is 0 Å². The van der Waals surface area contributed by atoms with E-state index >= 15 is 0 Å². The normalized spacial score (nSPS) is 21.0. The highest BCUT2D eigenvalue weighted by molar-refractivity contribution is 6.35. The number of ketones is 1. The van der Waals surface area contributed by atoms with Gasteiger partial charge in [-0.3, -0.25) is 14.4 Å². The van der Waals surface area contributed by atoms with Gasteiger partial charge in [-0.1, -0.05) is 51.3 Å². The molecular formula is C25H33F2N3O5. The molecule has 0 aromatic heterocycles. The van der Waals surface area contributed by atoms with Crippen LogP contribution in [0.25, 0.3) is 0 Å². The molecule has 1 aliphatic heterocycles. The Balaban J connectivity index is 1.80. The van der Waals surface area contributed by atoms with Crippen molar-refractivity contribution < 1.29 is 33.1 Å². The topological polar surface area (TPSA) is 125 Å². The summed E-state index contributed by atoms with van der Waals surface area (Å²) < 4.78 is 25.9. The zero-order valence-electron chi connectivity index (χ0n) is 20.0. The van der Waals surface area contributed by atoms with Gasteiger partial charge in [0.05, 0.1) is 0 Å². The SMILES string of the molecule is CC(C)C[C@H](NC(=O)C1(CC2CCC2)Cc2ccccc2N1)C(=O)N[C@@H](CC(F)F)C(=O)C(=O)O. The second-order valence-electron chi connectivity index (χ2n) is 10.1. The fourth-order valence-corrected chi connectivity index (χ4v) is 4.80. The van der Waals surface area contributed by atoms with Gasteiger partial charge in [0.2, 0.25) is 18.2 Å². The minimum Gasteiger partial charge on any atom is -0.475 e. The van der Waals surface area contributed by atoms with Crippen molar-refractivity contribution in [1.29, 1.82) is 0 Å². The van der Waals surface area contributed by atoms with Crippen LogP contribution in [-0.4, -0.2) is 52.7 Å². The fourth-order valence-electron chi connectivity index (χ4n) is 4.80. The summed E-state index contributed by atoms with van der Waals surface area (Å²) in [6, 6.07) is 4.62. The molecule has 1 saturated carbocycles. The summed E-state index contributed by atoms with van der Waals surface area (Å²) in [5.74, 6) is -4.34. The summed E-state index contributed by atoms with van der Waals surface area (Å²) >= 11 is 0. The number of carboxylic acids is 1. The van der Waals surface area contributed by atoms with Crippen LogP contribution in [0.4, 0.5) is 14.5 Å². The van der Waals surface area contributed by atoms with E-state index in [1.54, 1.807) is 0 Å². The van der Waals surface area contributed by atoms with Gasteiger partial charge >= 0.3 is 5.97 Å². The van der Waals surface area contributed by atoms with E-state index in [-0.39, 0.29) is 18.2 Å². The maximum Gasteiger partial charge on any atom is 0.374 e. The van der Waals surface area contributed by atoms with Gasteiger partial charge < -0.3 is 21.1 Å². The first-order valence-corrected chi connectivity index (χ1v) is 12.0. The molecule has 1 aromatic carbocycles. The van der Waals surface area contributed by atoms with Crippen LogP contribution in [0.2, 0.25) is 0 Å². The molecule has 0 spiro atoms. The van der Waals surface area contributed by atoms with Gasteiger partial charge in [-0.2, -0.15) is 0 Å². The molecule has 192 valence electrons. The molecule has 35 heavy (non-hydrogen) atoms. The number of anilines is 1. The lowest BCUT2D eigenvalue weighted by atomic mass is 9.74. The van der Waals surface area contributed by atoms with Crippen molar-refractivity contribution in [2.45, 2.75) is 82.8 Å². The predicted octanol–water partition coefficient (Wildman–Crippen LogP) is 2.91. The van der Waals surface area contributed by atoms with Crippen molar-refractivity contribution >= 4 is 29.3 Å². The zero-order chi connectivity index (χ0) is 25.8. The van der Waals surface area contributed by atoms with Gasteiger partial charge in [0.15, 0.2) is 0 Å². The molecule has 2 aliphatic rings. The van der Waals surface area contributed by atoms with Crippen LogP contribution >= 0.6 is 0 Å². The van der Waals surface area contributed by atoms with Crippen molar-refractivity contribution in [3.8, 4) is 0 Å². The number of carboxylic acid groups (broad SMARTS) is 1. The Kier molecular flexibility index (Phi) is 8.45. The van der Waals surface area contributed by atoms with Crippen molar-refractivity contribution in [2.75, 3.05) is 5.32 Å². The zero-order valence-corrected chi connectivity index (χ0v) is 20.0. The van der Waals surface area contributed by atoms with Gasteiger partial charge in [-0.05, 0) is 36.3 Å². The Morgan fingerprint density at radius 2 is 1.77 bits per heavy atom. The molecule has 3 atom stereocenters. The number of halogens is 2. The highest BCUT2D eigenvalue weighted by Crippen LogP contribution is 2.41. The largest absolute Gasteiger partial charge is 0.475 e. The van der Waals surface area contributed by atoms with Gasteiger partial charge in [0.25, 0.3) is 5.78 Å². The van der Waals surface area contributed by atoms with E-state index in [1.807, 2.05) is 38.1 Å². The van der Waals surface area contributed by atoms with Crippen LogP contribution in [0, 0.1) is 11.8 Å². The summed E-state index contributed by atoms with van der Waals surface area (Å²) in [5, 5.41) is 17.3. The van der Waals surface area contributed by atoms with Crippen LogP contribution < -0.4 is 16.0 Å². The lowest BCUT2D eigenvalue weighted by Crippen LogP contribution is -2.59. The molecule has 8 nitrogen and oxygen atoms in total. The average molecular weight is 494 g/mol. The summed E-state index contributed by atoms with van der Waals surface area (Å²) in [4.78, 5) is 49.7. The Hall–Kier alpha value is -3.04. The van der Waals surface area contributed by atoms with Crippen molar-refractivity contribution in [2.24, 2.45) is 11.8 Å². The number of rotatable bonds is 12. The number of hydrogen-bond acceptors (Lipinski definition) is 5. The summed E-state index contributed by atoms with van der Waals surface area (Å²) in [6.45, 7) is 3.67. The molecule has 0 radical (unpaired) electrons. The van der Waals surface area contributed by atoms with Crippen molar-refractivity contribution in [3.63, 3.8) is 0 Å². The molecule has 1 heterocycles. The molecule has 0 saturated heterocycles. The summed E-state index contributed by atoms with van der Waals surface area (Å²) in [5.41, 5.74) is 0.899. The number of alkyl halides is 2. The number of carbonyl (C=O) groups excluding carboxylic acids is 3. The van der Waals surface area contributed by atoms with E-state index in [0.717, 1.165) is 30.5 Å². The van der Waals surface area contributed by atoms with E-state index in [1.165, 1.54) is 0 Å². The maximum absolute atomic E-state index is 13.7. The molecule has 3 rings (SSSR count). The number of hydrogen-bond donors (Lipinski definition) is 4. The molecule has 10 heteroatoms. The third kappa shape index (κ3) is 6.55. The van der Waals surface area contributed by atoms with Crippen molar-refractivity contribution in [1.82, 2.24) is 10.6 Å². The van der Waals surface area contributed by atoms with Crippen molar-refractivity contribution in [3.05, 3.63) is 29.8 Å². The molecule has 1 fully saturated rings. The number of carbonyl (C=O) groups is 4. The molecule has 4 N–H and O–H groups in total. The number of aliphatic carboxylic acids is 1. The van der Waals surface area contributed by atoms with E-state index in [9.17, 15) is 28.0 Å². The highest BCUT2D eigenvalue weighted by atomic mass is 19.3. The average Bonchev–Trinajstić information content (AvgIpc) is 3.14. The summed E-state index contributed by atoms with van der Waals surface area (Å²) in [6.07, 6.45) is 0.270. The minimum absolute atomic E-state index is 0.0499. The molecule has 0 bridgehead atoms. The lowest BCUT2D eigenvalue weighted by molar-refractivity contribution is -0.151. The van der Waals surface area contributed by atoms with E-state index in [2.05, 4.69) is 16.0 Å². The molecule has 1 unspecified atom stereocenters. The first-order chi connectivity index (χ1) is 16.5. The first kappa shape index (κ1) is 26.6. The molecule has 2 amide bonds. The number of para-hydroxylation sites is 1. The first-order valence-electron chi connectivity index (χ1n) is 12.0. The van der Waals surface area contributed by atoms with E-state index < -0.39 is 48.1 Å². The Morgan fingerprint density at radius 3 is 2.31 bits per heavy atom. The van der Waals surface area contributed by atoms with Gasteiger partial charge in [0, 0.05) is 18.5 Å². The van der Waals surface area contributed by atoms with Crippen LogP contribution in [0.1, 0.15) is 57.9 Å². The maximum atomic E-state index is 13.7. The van der Waals surface area contributed by atoms with Gasteiger partial charge in [0.1, 0.15) is 17.6 Å². The highest BCUT2D eigenvalue weighted by Gasteiger charge is 2.47. The fraction of sp³-hybridized carbons (Fsp3) is 0.600. The molecule has 1 aliphatic carbocycles. The monoisotopic (exact) mass is 493 g/mol. The van der Waals surface area contributed by atoms with Crippen LogP contribution in [0.15, 0.2) is 24.3 Å². The predicted molar refractivity (Wildman–Crippen MR) is 125 cm³/mol. The lowest BCUT2D eigenvalue weighted by Gasteiger charge is -2.37. The Bertz CT molecular complexity index is 939. The second kappa shape index (κ2) is 11.1. The molecule has 1 aromatic rings. The smallest absolute Gasteiger partial charge is 0.374 e. The van der Waals surface area contributed by atoms with Gasteiger partial charge in [-0.15, -0.1) is 0 Å². The quantitative estimate of drug-likeness (QED) is 0.332. The summed E-state index contributed by atoms with van der Waals surface area (Å²) in [7, 11) is 0. The van der Waals surface area contributed by atoms with Crippen LogP contribution in [0.3, 0.4) is 0 Å². The number of benzene rings is 1. The number of nitrogens with one attached hydrogen (secondary N) is 3. The number of amides is 2. The van der Waals surface area contributed by atoms with E-state index in [0.29, 0.717) is 18.8 Å². The Morgan fingerprint density at radius 1 is 1.09 bits per heavy atom. The van der Waals surface area contributed by atoms with Crippen LogP contribution in [-0.2, 0) is 25.6 Å². The molecular weight excluding hydrogens is 460 g/mol. The number of Topliss-reactive ketones (excluding diaryl/α,β-unsaturated/α-hetero) is 1. The second-order valence-corrected chi connectivity index (χ2v) is 10.1. The third-order valence-corrected chi connectivity index (χ3v) is 6.77. The Labute approximate surface area is 203 Å². The third-order valence-electron chi connectivity index (χ3n) is 6.77. The van der Waals surface area contributed by atoms with E-state index in [4.69, 9.17) is 5.11 Å². The standard InChI is InChI=1S/C25H33F2N3O5/c1-14(2)10-19(22(32)28-18(11-20(26)27)21(31)23(33)34)29-24(35)25(12-15-6-5-7-15)13-16-8-3-4-9-17(16)30-25/h3-4,8-9,14-15,18-20,30H,5-7,10-13H2,1-2H3,(H,28,32)(H,29,35)(H,33,34)/t18-,19-,25?/m0/s1.